The second kappa shape index (κ2) is 9.87. The predicted molar refractivity (Wildman–Crippen MR) is 120 cm³/mol. The van der Waals surface area contributed by atoms with Crippen molar-refractivity contribution in [2.75, 3.05) is 18.1 Å². The van der Waals surface area contributed by atoms with E-state index in [1.54, 1.807) is 0 Å². The van der Waals surface area contributed by atoms with Crippen LogP contribution in [0.4, 0.5) is 5.13 Å². The molecule has 5 N–H and O–H groups in total. The number of β-lactam (4-membered cyclic amide) rings is 1. The van der Waals surface area contributed by atoms with Gasteiger partial charge in [0.1, 0.15) is 23.7 Å². The minimum atomic E-state index is -1.80. The minimum Gasteiger partial charge on any atom is -0.478 e. The predicted octanol–water partition coefficient (Wildman–Crippen LogP) is -0.994. The zero-order valence-corrected chi connectivity index (χ0v) is 20.1. The van der Waals surface area contributed by atoms with Crippen molar-refractivity contribution in [3.63, 3.8) is 0 Å². The fourth-order valence-electron chi connectivity index (χ4n) is 2.91. The van der Waals surface area contributed by atoms with E-state index in [1.165, 1.54) is 20.8 Å². The van der Waals surface area contributed by atoms with Gasteiger partial charge in [-0.15, -0.1) is 11.8 Å². The molecule has 1 fully saturated rings. The first-order valence-electron chi connectivity index (χ1n) is 9.76. The molecule has 15 nitrogen and oxygen atoms in total. The van der Waals surface area contributed by atoms with Crippen molar-refractivity contribution in [2.24, 2.45) is 5.16 Å². The molecule has 2 aliphatic rings. The third-order valence-corrected chi connectivity index (χ3v) is 6.62. The number of carbonyl (C=O) groups excluding carboxylic acids is 3. The molecule has 1 aromatic heterocycles. The molecule has 0 aliphatic carbocycles. The number of nitrogen functional groups attached to an aromatic ring is 1. The van der Waals surface area contributed by atoms with Gasteiger partial charge in [0, 0.05) is 29.8 Å². The highest BCUT2D eigenvalue weighted by atomic mass is 32.2. The van der Waals surface area contributed by atoms with Crippen LogP contribution in [0, 0.1) is 0 Å². The number of carboxylic acid groups (broad SMARTS) is 2. The molecule has 3 rings (SSSR count). The summed E-state index contributed by atoms with van der Waals surface area (Å²) in [5, 5.41) is 24.1. The topological polar surface area (TPSA) is 224 Å². The number of amides is 2. The van der Waals surface area contributed by atoms with Gasteiger partial charge in [-0.2, -0.15) is 9.36 Å². The van der Waals surface area contributed by atoms with E-state index in [2.05, 4.69) is 19.8 Å². The van der Waals surface area contributed by atoms with E-state index < -0.39 is 52.5 Å². The lowest BCUT2D eigenvalue weighted by Gasteiger charge is -2.49. The van der Waals surface area contributed by atoms with Gasteiger partial charge in [-0.25, -0.2) is 9.59 Å². The molecule has 35 heavy (non-hydrogen) atoms. The Balaban J connectivity index is 1.82. The van der Waals surface area contributed by atoms with Crippen molar-refractivity contribution in [2.45, 2.75) is 37.8 Å². The number of fused-ring (bicyclic) bond motifs is 1. The molecule has 2 aliphatic heterocycles. The van der Waals surface area contributed by atoms with Crippen molar-refractivity contribution in [1.82, 2.24) is 19.6 Å². The maximum Gasteiger partial charge on any atom is 0.352 e. The van der Waals surface area contributed by atoms with Crippen LogP contribution in [0.25, 0.3) is 0 Å². The molecule has 0 radical (unpaired) electrons. The van der Waals surface area contributed by atoms with E-state index in [4.69, 9.17) is 15.3 Å². The SMILES string of the molecule is CC(=O)OCC1=C(C(=O)O)N2C(=O)[C@@H](NC(=O)/C(=N\OC(C)(C)C(=O)O)c3nsc(N)n3)[C@H]2SC1. The number of nitrogens with zero attached hydrogens (tertiary/aromatic N) is 4. The number of aromatic nitrogens is 2. The normalized spacial score (nSPS) is 20.0. The lowest BCUT2D eigenvalue weighted by Crippen LogP contribution is -2.71. The summed E-state index contributed by atoms with van der Waals surface area (Å²) < 4.78 is 8.75. The van der Waals surface area contributed by atoms with Crippen LogP contribution in [0.2, 0.25) is 0 Å². The fraction of sp³-hybridized carbons (Fsp3) is 0.444. The average molecular weight is 529 g/mol. The Kier molecular flexibility index (Phi) is 7.30. The molecule has 0 spiro atoms. The summed E-state index contributed by atoms with van der Waals surface area (Å²) in [5.74, 6) is -5.14. The molecule has 0 bridgehead atoms. The number of carbonyl (C=O) groups is 5. The van der Waals surface area contributed by atoms with Crippen LogP contribution in [0.5, 0.6) is 0 Å². The molecule has 1 saturated heterocycles. The van der Waals surface area contributed by atoms with Crippen LogP contribution in [0.15, 0.2) is 16.4 Å². The van der Waals surface area contributed by atoms with E-state index in [0.717, 1.165) is 28.2 Å². The van der Waals surface area contributed by atoms with E-state index in [9.17, 15) is 34.2 Å². The molecule has 17 heteroatoms. The van der Waals surface area contributed by atoms with Gasteiger partial charge >= 0.3 is 17.9 Å². The van der Waals surface area contributed by atoms with Gasteiger partial charge in [-0.05, 0) is 13.8 Å². The van der Waals surface area contributed by atoms with E-state index in [-0.39, 0.29) is 34.6 Å². The first-order valence-corrected chi connectivity index (χ1v) is 11.6. The van der Waals surface area contributed by atoms with Crippen molar-refractivity contribution in [3.05, 3.63) is 17.1 Å². The van der Waals surface area contributed by atoms with Gasteiger partial charge in [-0.3, -0.25) is 19.3 Å². The molecule has 2 atom stereocenters. The third kappa shape index (κ3) is 5.35. The van der Waals surface area contributed by atoms with Gasteiger partial charge < -0.3 is 30.8 Å². The molecular weight excluding hydrogens is 508 g/mol. The standard InChI is InChI=1S/C18H20N6O9S2/c1-6(25)32-4-7-5-34-14-9(13(27)24(14)10(7)15(28)29)20-12(26)8(11-21-17(19)35-23-11)22-33-18(2,3)16(30)31/h9,14H,4-5H2,1-3H3,(H,20,26)(H,28,29)(H,30,31)(H2,19,21,23)/b22-8-/t9-,14-/m1/s1. The van der Waals surface area contributed by atoms with Gasteiger partial charge in [0.2, 0.25) is 17.1 Å². The van der Waals surface area contributed by atoms with Crippen molar-refractivity contribution in [1.29, 1.82) is 0 Å². The number of nitrogens with two attached hydrogens (primary N) is 1. The first-order chi connectivity index (χ1) is 16.3. The summed E-state index contributed by atoms with van der Waals surface area (Å²) in [4.78, 5) is 69.8. The first kappa shape index (κ1) is 25.9. The van der Waals surface area contributed by atoms with Gasteiger partial charge in [-0.1, -0.05) is 5.16 Å². The number of ether oxygens (including phenoxy) is 1. The lowest BCUT2D eigenvalue weighted by atomic mass is 10.0. The summed E-state index contributed by atoms with van der Waals surface area (Å²) in [5.41, 5.74) is 3.16. The van der Waals surface area contributed by atoms with Crippen LogP contribution in [-0.2, 0) is 33.5 Å². The van der Waals surface area contributed by atoms with E-state index in [1.807, 2.05) is 0 Å². The number of carboxylic acids is 2. The minimum absolute atomic E-state index is 0.00303. The maximum atomic E-state index is 13.0. The molecule has 188 valence electrons. The Hall–Kier alpha value is -3.73. The van der Waals surface area contributed by atoms with Gasteiger partial charge in [0.15, 0.2) is 5.13 Å². The summed E-state index contributed by atoms with van der Waals surface area (Å²) in [7, 11) is 0. The molecule has 0 unspecified atom stereocenters. The van der Waals surface area contributed by atoms with Crippen LogP contribution in [0.3, 0.4) is 0 Å². The summed E-state index contributed by atoms with van der Waals surface area (Å²) in [6.45, 7) is 3.29. The number of anilines is 1. The smallest absolute Gasteiger partial charge is 0.352 e. The summed E-state index contributed by atoms with van der Waals surface area (Å²) >= 11 is 1.92. The Morgan fingerprint density at radius 3 is 2.54 bits per heavy atom. The molecule has 3 heterocycles. The van der Waals surface area contributed by atoms with Crippen molar-refractivity contribution in [3.8, 4) is 0 Å². The zero-order valence-electron chi connectivity index (χ0n) is 18.5. The molecule has 0 aromatic carbocycles. The van der Waals surface area contributed by atoms with E-state index >= 15 is 0 Å². The Labute approximate surface area is 205 Å². The highest BCUT2D eigenvalue weighted by Gasteiger charge is 2.54. The molecular formula is C18H20N6O9S2. The van der Waals surface area contributed by atoms with Crippen molar-refractivity contribution >= 4 is 63.9 Å². The summed E-state index contributed by atoms with van der Waals surface area (Å²) in [6, 6.07) is -1.13. The average Bonchev–Trinajstić information content (AvgIpc) is 3.20. The molecule has 2 amide bonds. The lowest BCUT2D eigenvalue weighted by molar-refractivity contribution is -0.161. The Morgan fingerprint density at radius 2 is 2.00 bits per heavy atom. The Morgan fingerprint density at radius 1 is 1.31 bits per heavy atom. The summed E-state index contributed by atoms with van der Waals surface area (Å²) in [6.07, 6.45) is 0. The quantitative estimate of drug-likeness (QED) is 0.131. The monoisotopic (exact) mass is 528 g/mol. The number of thioether (sulfide) groups is 1. The van der Waals surface area contributed by atoms with Crippen molar-refractivity contribution < 1.29 is 43.8 Å². The Bertz CT molecular complexity index is 1160. The fourth-order valence-corrected chi connectivity index (χ4v) is 4.67. The number of nitrogens with one attached hydrogen (secondary N) is 1. The number of oxime groups is 1. The van der Waals surface area contributed by atoms with Gasteiger partial charge in [0.05, 0.1) is 0 Å². The third-order valence-electron chi connectivity index (χ3n) is 4.73. The second-order valence-electron chi connectivity index (χ2n) is 7.70. The number of rotatable bonds is 9. The van der Waals surface area contributed by atoms with Crippen LogP contribution >= 0.6 is 23.3 Å². The van der Waals surface area contributed by atoms with Crippen LogP contribution < -0.4 is 11.1 Å². The largest absolute Gasteiger partial charge is 0.478 e. The second-order valence-corrected chi connectivity index (χ2v) is 9.59. The van der Waals surface area contributed by atoms with Crippen LogP contribution in [-0.4, -0.2) is 89.3 Å². The number of hydrogen-bond acceptors (Lipinski definition) is 13. The highest BCUT2D eigenvalue weighted by Crippen LogP contribution is 2.40. The molecule has 0 saturated carbocycles. The number of aliphatic carboxylic acids is 2. The maximum absolute atomic E-state index is 13.0. The van der Waals surface area contributed by atoms with E-state index in [0.29, 0.717) is 0 Å². The van der Waals surface area contributed by atoms with Crippen LogP contribution in [0.1, 0.15) is 26.6 Å². The van der Waals surface area contributed by atoms with Gasteiger partial charge in [0.25, 0.3) is 11.8 Å². The highest BCUT2D eigenvalue weighted by molar-refractivity contribution is 8.00. The zero-order chi connectivity index (χ0) is 26.1. The number of esters is 1. The molecule has 1 aromatic rings. The number of hydrogen-bond donors (Lipinski definition) is 4.